The maximum Gasteiger partial charge on any atom is 0.0719 e. The highest BCUT2D eigenvalue weighted by Crippen LogP contribution is 2.21. The molecule has 15 heavy (non-hydrogen) atoms. The molecule has 0 radical (unpaired) electrons. The summed E-state index contributed by atoms with van der Waals surface area (Å²) in [6.45, 7) is 7.20. The van der Waals surface area contributed by atoms with Crippen LogP contribution in [-0.2, 0) is 17.7 Å². The van der Waals surface area contributed by atoms with Crippen LogP contribution in [0.25, 0.3) is 0 Å². The van der Waals surface area contributed by atoms with E-state index < -0.39 is 0 Å². The summed E-state index contributed by atoms with van der Waals surface area (Å²) in [7, 11) is 0. The van der Waals surface area contributed by atoms with E-state index in [4.69, 9.17) is 5.90 Å². The molecule has 0 saturated carbocycles. The van der Waals surface area contributed by atoms with Crippen LogP contribution in [0.3, 0.4) is 0 Å². The summed E-state index contributed by atoms with van der Waals surface area (Å²) < 4.78 is 0. The molecule has 1 aromatic carbocycles. The normalized spacial score (nSPS) is 11.0. The summed E-state index contributed by atoms with van der Waals surface area (Å²) in [4.78, 5) is 4.65. The van der Waals surface area contributed by atoms with Gasteiger partial charge in [-0.25, -0.2) is 5.90 Å². The second-order valence-electron chi connectivity index (χ2n) is 4.16. The van der Waals surface area contributed by atoms with Gasteiger partial charge in [0.15, 0.2) is 0 Å². The lowest BCUT2D eigenvalue weighted by Gasteiger charge is -2.13. The predicted molar refractivity (Wildman–Crippen MR) is 63.8 cm³/mol. The highest BCUT2D eigenvalue weighted by Gasteiger charge is 2.07. The molecule has 0 saturated heterocycles. The SMILES string of the molecule is CCc1ccc(C(C)C)c(CCON)c1. The zero-order valence-electron chi connectivity index (χ0n) is 9.92. The predicted octanol–water partition coefficient (Wildman–Crippen LogP) is 2.81. The van der Waals surface area contributed by atoms with E-state index in [1.807, 2.05) is 0 Å². The Morgan fingerprint density at radius 1 is 1.33 bits per heavy atom. The standard InChI is InChI=1S/C13H21NO/c1-4-11-5-6-13(10(2)3)12(9-11)7-8-15-14/h5-6,9-10H,4,7-8,14H2,1-3H3. The van der Waals surface area contributed by atoms with E-state index in [1.165, 1.54) is 16.7 Å². The lowest BCUT2D eigenvalue weighted by Crippen LogP contribution is -2.06. The summed E-state index contributed by atoms with van der Waals surface area (Å²) in [5.41, 5.74) is 4.16. The van der Waals surface area contributed by atoms with Crippen LogP contribution in [0, 0.1) is 0 Å². The minimum atomic E-state index is 0.559. The average molecular weight is 207 g/mol. The quantitative estimate of drug-likeness (QED) is 0.753. The second-order valence-corrected chi connectivity index (χ2v) is 4.16. The second kappa shape index (κ2) is 5.89. The number of rotatable bonds is 5. The molecular formula is C13H21NO. The highest BCUT2D eigenvalue weighted by molar-refractivity contribution is 5.34. The van der Waals surface area contributed by atoms with Gasteiger partial charge in [0.05, 0.1) is 6.61 Å². The van der Waals surface area contributed by atoms with Gasteiger partial charge in [-0.2, -0.15) is 0 Å². The molecule has 0 aliphatic heterocycles. The van der Waals surface area contributed by atoms with Crippen molar-refractivity contribution in [2.24, 2.45) is 5.90 Å². The third-order valence-corrected chi connectivity index (χ3v) is 2.73. The van der Waals surface area contributed by atoms with E-state index in [0.29, 0.717) is 12.5 Å². The minimum absolute atomic E-state index is 0.559. The Bertz CT molecular complexity index is 307. The van der Waals surface area contributed by atoms with Gasteiger partial charge >= 0.3 is 0 Å². The van der Waals surface area contributed by atoms with Crippen LogP contribution >= 0.6 is 0 Å². The number of aryl methyl sites for hydroxylation is 1. The fraction of sp³-hybridized carbons (Fsp3) is 0.538. The number of nitrogens with two attached hydrogens (primary N) is 1. The first-order valence-corrected chi connectivity index (χ1v) is 5.62. The van der Waals surface area contributed by atoms with Gasteiger partial charge in [0, 0.05) is 0 Å². The lowest BCUT2D eigenvalue weighted by atomic mass is 9.93. The smallest absolute Gasteiger partial charge is 0.0719 e. The van der Waals surface area contributed by atoms with E-state index in [-0.39, 0.29) is 0 Å². The maximum absolute atomic E-state index is 5.07. The summed E-state index contributed by atoms with van der Waals surface area (Å²) in [6.07, 6.45) is 1.98. The van der Waals surface area contributed by atoms with Gasteiger partial charge in [-0.1, -0.05) is 39.0 Å². The molecule has 0 fully saturated rings. The Hall–Kier alpha value is -0.860. The largest absolute Gasteiger partial charge is 0.304 e. The Kier molecular flexibility index (Phi) is 4.79. The average Bonchev–Trinajstić information content (AvgIpc) is 2.25. The van der Waals surface area contributed by atoms with Crippen molar-refractivity contribution in [3.8, 4) is 0 Å². The van der Waals surface area contributed by atoms with Crippen LogP contribution in [0.4, 0.5) is 0 Å². The van der Waals surface area contributed by atoms with Crippen LogP contribution in [0.5, 0.6) is 0 Å². The van der Waals surface area contributed by atoms with Crippen LogP contribution in [-0.4, -0.2) is 6.61 Å². The van der Waals surface area contributed by atoms with Crippen LogP contribution in [0.15, 0.2) is 18.2 Å². The molecular weight excluding hydrogens is 186 g/mol. The molecule has 0 heterocycles. The van der Waals surface area contributed by atoms with Gasteiger partial charge in [-0.3, -0.25) is 0 Å². The molecule has 0 atom stereocenters. The first-order chi connectivity index (χ1) is 7.19. The molecule has 0 aliphatic rings. The molecule has 0 spiro atoms. The minimum Gasteiger partial charge on any atom is -0.304 e. The van der Waals surface area contributed by atoms with E-state index in [0.717, 1.165) is 12.8 Å². The van der Waals surface area contributed by atoms with Gasteiger partial charge < -0.3 is 4.84 Å². The van der Waals surface area contributed by atoms with Gasteiger partial charge in [0.2, 0.25) is 0 Å². The molecule has 0 bridgehead atoms. The molecule has 1 aromatic rings. The summed E-state index contributed by atoms with van der Waals surface area (Å²) in [5.74, 6) is 5.63. The fourth-order valence-corrected chi connectivity index (χ4v) is 1.83. The van der Waals surface area contributed by atoms with Crippen molar-refractivity contribution in [2.75, 3.05) is 6.61 Å². The Labute approximate surface area is 92.4 Å². The third kappa shape index (κ3) is 3.33. The first-order valence-electron chi connectivity index (χ1n) is 5.62. The topological polar surface area (TPSA) is 35.2 Å². The molecule has 2 heteroatoms. The monoisotopic (exact) mass is 207 g/mol. The van der Waals surface area contributed by atoms with Crippen molar-refractivity contribution in [1.82, 2.24) is 0 Å². The molecule has 2 nitrogen and oxygen atoms in total. The Morgan fingerprint density at radius 3 is 2.60 bits per heavy atom. The van der Waals surface area contributed by atoms with E-state index >= 15 is 0 Å². The molecule has 0 amide bonds. The molecule has 1 rings (SSSR count). The Balaban J connectivity index is 2.94. The first kappa shape index (κ1) is 12.2. The summed E-state index contributed by atoms with van der Waals surface area (Å²) in [5, 5.41) is 0. The third-order valence-electron chi connectivity index (χ3n) is 2.73. The zero-order chi connectivity index (χ0) is 11.3. The van der Waals surface area contributed by atoms with Gasteiger partial charge in [-0.05, 0) is 35.4 Å². The summed E-state index contributed by atoms with van der Waals surface area (Å²) >= 11 is 0. The lowest BCUT2D eigenvalue weighted by molar-refractivity contribution is 0.141. The van der Waals surface area contributed by atoms with Crippen molar-refractivity contribution >= 4 is 0 Å². The molecule has 2 N–H and O–H groups in total. The van der Waals surface area contributed by atoms with E-state index in [2.05, 4.69) is 43.8 Å². The highest BCUT2D eigenvalue weighted by atomic mass is 16.6. The molecule has 0 aromatic heterocycles. The van der Waals surface area contributed by atoms with Gasteiger partial charge in [-0.15, -0.1) is 0 Å². The Morgan fingerprint density at radius 2 is 2.07 bits per heavy atom. The van der Waals surface area contributed by atoms with Gasteiger partial charge in [0.25, 0.3) is 0 Å². The zero-order valence-corrected chi connectivity index (χ0v) is 9.92. The fourth-order valence-electron chi connectivity index (χ4n) is 1.83. The van der Waals surface area contributed by atoms with Crippen molar-refractivity contribution < 1.29 is 4.84 Å². The summed E-state index contributed by atoms with van der Waals surface area (Å²) in [6, 6.07) is 6.71. The van der Waals surface area contributed by atoms with Crippen molar-refractivity contribution in [2.45, 2.75) is 39.5 Å². The van der Waals surface area contributed by atoms with Crippen molar-refractivity contribution in [3.05, 3.63) is 34.9 Å². The number of hydrogen-bond acceptors (Lipinski definition) is 2. The number of hydrogen-bond donors (Lipinski definition) is 1. The maximum atomic E-state index is 5.07. The van der Waals surface area contributed by atoms with Crippen molar-refractivity contribution in [3.63, 3.8) is 0 Å². The van der Waals surface area contributed by atoms with Crippen LogP contribution < -0.4 is 5.90 Å². The van der Waals surface area contributed by atoms with Gasteiger partial charge in [0.1, 0.15) is 0 Å². The molecule has 0 aliphatic carbocycles. The van der Waals surface area contributed by atoms with E-state index in [1.54, 1.807) is 0 Å². The van der Waals surface area contributed by atoms with Crippen LogP contribution in [0.1, 0.15) is 43.4 Å². The molecule has 0 unspecified atom stereocenters. The van der Waals surface area contributed by atoms with Crippen LogP contribution in [0.2, 0.25) is 0 Å². The molecule has 84 valence electrons. The van der Waals surface area contributed by atoms with E-state index in [9.17, 15) is 0 Å². The van der Waals surface area contributed by atoms with Crippen molar-refractivity contribution in [1.29, 1.82) is 0 Å². The number of benzene rings is 1.